The third-order valence-electron chi connectivity index (χ3n) is 4.24. The van der Waals surface area contributed by atoms with Gasteiger partial charge in [0.25, 0.3) is 0 Å². The van der Waals surface area contributed by atoms with E-state index in [1.54, 1.807) is 0 Å². The van der Waals surface area contributed by atoms with Crippen molar-refractivity contribution in [2.45, 2.75) is 53.1 Å². The van der Waals surface area contributed by atoms with Gasteiger partial charge in [-0.1, -0.05) is 20.8 Å². The van der Waals surface area contributed by atoms with E-state index in [-0.39, 0.29) is 17.1 Å². The van der Waals surface area contributed by atoms with Gasteiger partial charge in [-0.3, -0.25) is 0 Å². The highest BCUT2D eigenvalue weighted by atomic mass is 16.5. The number of carbonyl (C=O) groups is 1. The Morgan fingerprint density at radius 2 is 2.05 bits per heavy atom. The van der Waals surface area contributed by atoms with E-state index >= 15 is 0 Å². The van der Waals surface area contributed by atoms with Crippen LogP contribution in [0.25, 0.3) is 0 Å². The average molecular weight is 291 g/mol. The maximum atomic E-state index is 11.2. The summed E-state index contributed by atoms with van der Waals surface area (Å²) in [7, 11) is 0. The lowest BCUT2D eigenvalue weighted by Gasteiger charge is -2.38. The fourth-order valence-corrected chi connectivity index (χ4v) is 3.55. The monoisotopic (exact) mass is 291 g/mol. The quantitative estimate of drug-likeness (QED) is 0.829. The van der Waals surface area contributed by atoms with Gasteiger partial charge in [0.2, 0.25) is 0 Å². The number of rotatable bonds is 3. The maximum Gasteiger partial charge on any atom is 0.337 e. The number of hydrogen-bond donors (Lipinski definition) is 2. The van der Waals surface area contributed by atoms with Crippen molar-refractivity contribution in [2.24, 2.45) is 11.3 Å². The summed E-state index contributed by atoms with van der Waals surface area (Å²) in [4.78, 5) is 11.2. The highest BCUT2D eigenvalue weighted by Gasteiger charge is 2.33. The number of anilines is 1. The SMILES string of the molecule is Cc1cc(OC2CC(C)CC(C)(C)C2)cc(C(=O)O)c1N. The van der Waals surface area contributed by atoms with Gasteiger partial charge in [-0.25, -0.2) is 4.79 Å². The molecule has 2 atom stereocenters. The topological polar surface area (TPSA) is 72.5 Å². The van der Waals surface area contributed by atoms with Crippen LogP contribution in [0.15, 0.2) is 12.1 Å². The molecular weight excluding hydrogens is 266 g/mol. The number of nitrogens with two attached hydrogens (primary N) is 1. The van der Waals surface area contributed by atoms with Gasteiger partial charge in [-0.15, -0.1) is 0 Å². The Morgan fingerprint density at radius 3 is 2.62 bits per heavy atom. The van der Waals surface area contributed by atoms with Gasteiger partial charge in [-0.2, -0.15) is 0 Å². The molecule has 0 amide bonds. The number of aromatic carboxylic acids is 1. The lowest BCUT2D eigenvalue weighted by Crippen LogP contribution is -2.34. The van der Waals surface area contributed by atoms with Crippen molar-refractivity contribution in [1.29, 1.82) is 0 Å². The van der Waals surface area contributed by atoms with Gasteiger partial charge in [0, 0.05) is 5.69 Å². The molecule has 4 nitrogen and oxygen atoms in total. The standard InChI is InChI=1S/C17H25NO3/c1-10-5-13(9-17(3,4)8-10)21-12-6-11(2)15(18)14(7-12)16(19)20/h6-7,10,13H,5,8-9,18H2,1-4H3,(H,19,20). The highest BCUT2D eigenvalue weighted by molar-refractivity contribution is 5.95. The fraction of sp³-hybridized carbons (Fsp3) is 0.588. The van der Waals surface area contributed by atoms with Gasteiger partial charge in [-0.05, 0) is 55.2 Å². The zero-order valence-electron chi connectivity index (χ0n) is 13.3. The number of benzene rings is 1. The molecule has 1 aliphatic carbocycles. The smallest absolute Gasteiger partial charge is 0.337 e. The first-order valence-corrected chi connectivity index (χ1v) is 7.48. The molecule has 0 spiro atoms. The first-order valence-electron chi connectivity index (χ1n) is 7.48. The number of hydrogen-bond acceptors (Lipinski definition) is 3. The number of ether oxygens (including phenoxy) is 1. The lowest BCUT2D eigenvalue weighted by molar-refractivity contribution is 0.0557. The van der Waals surface area contributed by atoms with Crippen molar-refractivity contribution in [3.05, 3.63) is 23.3 Å². The molecule has 1 aliphatic rings. The molecule has 2 unspecified atom stereocenters. The van der Waals surface area contributed by atoms with E-state index < -0.39 is 5.97 Å². The zero-order chi connectivity index (χ0) is 15.8. The predicted molar refractivity (Wildman–Crippen MR) is 83.8 cm³/mol. The minimum atomic E-state index is -1.02. The van der Waals surface area contributed by atoms with Crippen LogP contribution in [0.1, 0.15) is 56.0 Å². The molecule has 2 rings (SSSR count). The van der Waals surface area contributed by atoms with Crippen molar-refractivity contribution in [3.63, 3.8) is 0 Å². The van der Waals surface area contributed by atoms with E-state index in [1.165, 1.54) is 12.5 Å². The molecule has 4 heteroatoms. The van der Waals surface area contributed by atoms with E-state index in [4.69, 9.17) is 10.5 Å². The predicted octanol–water partition coefficient (Wildman–Crippen LogP) is 3.87. The van der Waals surface area contributed by atoms with Crippen molar-refractivity contribution in [1.82, 2.24) is 0 Å². The Labute approximate surface area is 126 Å². The van der Waals surface area contributed by atoms with Gasteiger partial charge < -0.3 is 15.6 Å². The molecule has 116 valence electrons. The average Bonchev–Trinajstić information content (AvgIpc) is 2.30. The van der Waals surface area contributed by atoms with E-state index in [0.29, 0.717) is 17.4 Å². The van der Waals surface area contributed by atoms with Crippen molar-refractivity contribution in [3.8, 4) is 5.75 Å². The van der Waals surface area contributed by atoms with Crippen molar-refractivity contribution < 1.29 is 14.6 Å². The molecule has 0 radical (unpaired) electrons. The Kier molecular flexibility index (Phi) is 4.17. The first kappa shape index (κ1) is 15.7. The Balaban J connectivity index is 2.22. The van der Waals surface area contributed by atoms with Crippen molar-refractivity contribution in [2.75, 3.05) is 5.73 Å². The van der Waals surface area contributed by atoms with E-state index in [9.17, 15) is 9.90 Å². The molecule has 0 bridgehead atoms. The van der Waals surface area contributed by atoms with Crippen LogP contribution in [0.3, 0.4) is 0 Å². The lowest BCUT2D eigenvalue weighted by atomic mass is 9.71. The molecule has 0 aliphatic heterocycles. The maximum absolute atomic E-state index is 11.2. The summed E-state index contributed by atoms with van der Waals surface area (Å²) in [5.41, 5.74) is 7.25. The van der Waals surface area contributed by atoms with Crippen LogP contribution in [0, 0.1) is 18.3 Å². The normalized spacial score (nSPS) is 24.6. The third kappa shape index (κ3) is 3.69. The van der Waals surface area contributed by atoms with Gasteiger partial charge in [0.15, 0.2) is 0 Å². The highest BCUT2D eigenvalue weighted by Crippen LogP contribution is 2.40. The van der Waals surface area contributed by atoms with E-state index in [1.807, 2.05) is 13.0 Å². The Hall–Kier alpha value is -1.71. The molecule has 1 aromatic carbocycles. The molecule has 21 heavy (non-hydrogen) atoms. The Morgan fingerprint density at radius 1 is 1.38 bits per heavy atom. The number of carboxylic acids is 1. The van der Waals surface area contributed by atoms with Crippen LogP contribution in [0.4, 0.5) is 5.69 Å². The van der Waals surface area contributed by atoms with Crippen LogP contribution in [0.2, 0.25) is 0 Å². The Bertz CT molecular complexity index is 551. The summed E-state index contributed by atoms with van der Waals surface area (Å²) in [5, 5.41) is 9.21. The minimum absolute atomic E-state index is 0.119. The summed E-state index contributed by atoms with van der Waals surface area (Å²) in [5.74, 6) is 0.208. The molecule has 0 heterocycles. The molecule has 1 saturated carbocycles. The van der Waals surface area contributed by atoms with Gasteiger partial charge in [0.1, 0.15) is 5.75 Å². The number of nitrogen functional groups attached to an aromatic ring is 1. The number of carboxylic acid groups (broad SMARTS) is 1. The van der Waals surface area contributed by atoms with Crippen LogP contribution >= 0.6 is 0 Å². The van der Waals surface area contributed by atoms with Crippen LogP contribution in [-0.2, 0) is 0 Å². The molecule has 3 N–H and O–H groups in total. The van der Waals surface area contributed by atoms with E-state index in [2.05, 4.69) is 20.8 Å². The molecule has 0 saturated heterocycles. The molecule has 1 aromatic rings. The van der Waals surface area contributed by atoms with Crippen LogP contribution in [0.5, 0.6) is 5.75 Å². The van der Waals surface area contributed by atoms with Gasteiger partial charge >= 0.3 is 5.97 Å². The second-order valence-electron chi connectivity index (χ2n) is 7.16. The van der Waals surface area contributed by atoms with Gasteiger partial charge in [0.05, 0.1) is 11.7 Å². The second-order valence-corrected chi connectivity index (χ2v) is 7.16. The summed E-state index contributed by atoms with van der Waals surface area (Å²) in [6.45, 7) is 8.57. The molecule has 1 fully saturated rings. The summed E-state index contributed by atoms with van der Waals surface area (Å²) >= 11 is 0. The van der Waals surface area contributed by atoms with E-state index in [0.717, 1.165) is 18.4 Å². The first-order chi connectivity index (χ1) is 9.68. The second kappa shape index (κ2) is 5.58. The van der Waals surface area contributed by atoms with Crippen molar-refractivity contribution >= 4 is 11.7 Å². The largest absolute Gasteiger partial charge is 0.490 e. The summed E-state index contributed by atoms with van der Waals surface area (Å²) in [6, 6.07) is 3.37. The number of aryl methyl sites for hydroxylation is 1. The fourth-order valence-electron chi connectivity index (χ4n) is 3.55. The van der Waals surface area contributed by atoms with Crippen LogP contribution < -0.4 is 10.5 Å². The molecular formula is C17H25NO3. The minimum Gasteiger partial charge on any atom is -0.490 e. The summed E-state index contributed by atoms with van der Waals surface area (Å²) in [6.07, 6.45) is 3.33. The zero-order valence-corrected chi connectivity index (χ0v) is 13.3. The van der Waals surface area contributed by atoms with Crippen LogP contribution in [-0.4, -0.2) is 17.2 Å². The molecule has 0 aromatic heterocycles. The third-order valence-corrected chi connectivity index (χ3v) is 4.24. The summed E-state index contributed by atoms with van der Waals surface area (Å²) < 4.78 is 6.07.